The highest BCUT2D eigenvalue weighted by atomic mass is 16.6. The molecule has 4 rings (SSSR count). The Labute approximate surface area is 177 Å². The molecule has 1 aromatic heterocycles. The van der Waals surface area contributed by atoms with Gasteiger partial charge in [-0.05, 0) is 58.6 Å². The second-order valence-electron chi connectivity index (χ2n) is 9.41. The van der Waals surface area contributed by atoms with E-state index in [2.05, 4.69) is 4.98 Å². The van der Waals surface area contributed by atoms with Crippen molar-refractivity contribution in [1.29, 1.82) is 0 Å². The summed E-state index contributed by atoms with van der Waals surface area (Å²) in [5.74, 6) is 0.783. The lowest BCUT2D eigenvalue weighted by molar-refractivity contribution is -0.138. The lowest BCUT2D eigenvalue weighted by Gasteiger charge is -2.38. The van der Waals surface area contributed by atoms with Crippen LogP contribution >= 0.6 is 0 Å². The Hall–Kier alpha value is -2.57. The van der Waals surface area contributed by atoms with Crippen LogP contribution in [0.25, 0.3) is 11.1 Å². The average molecular weight is 414 g/mol. The van der Waals surface area contributed by atoms with Crippen molar-refractivity contribution in [3.05, 3.63) is 30.2 Å². The van der Waals surface area contributed by atoms with E-state index in [-0.39, 0.29) is 23.8 Å². The molecule has 0 bridgehead atoms. The van der Waals surface area contributed by atoms with Crippen molar-refractivity contribution in [2.75, 3.05) is 26.2 Å². The van der Waals surface area contributed by atoms with Crippen molar-refractivity contribution in [3.8, 4) is 0 Å². The molecule has 3 heterocycles. The van der Waals surface area contributed by atoms with Gasteiger partial charge in [0.25, 0.3) is 0 Å². The van der Waals surface area contributed by atoms with Crippen molar-refractivity contribution < 1.29 is 18.7 Å². The molecule has 2 atom stereocenters. The second kappa shape index (κ2) is 8.28. The maximum absolute atomic E-state index is 13.3. The van der Waals surface area contributed by atoms with Crippen LogP contribution < -0.4 is 0 Å². The Morgan fingerprint density at radius 3 is 2.57 bits per heavy atom. The number of hydrogen-bond acceptors (Lipinski definition) is 5. The summed E-state index contributed by atoms with van der Waals surface area (Å²) >= 11 is 0. The zero-order valence-electron chi connectivity index (χ0n) is 18.1. The van der Waals surface area contributed by atoms with Crippen molar-refractivity contribution in [1.82, 2.24) is 14.8 Å². The van der Waals surface area contributed by atoms with Crippen LogP contribution in [-0.2, 0) is 9.53 Å². The predicted octanol–water partition coefficient (Wildman–Crippen LogP) is 4.18. The Morgan fingerprint density at radius 2 is 1.80 bits per heavy atom. The first-order valence-electron chi connectivity index (χ1n) is 10.9. The van der Waals surface area contributed by atoms with E-state index in [9.17, 15) is 9.59 Å². The molecule has 0 N–H and O–H groups in total. The fourth-order valence-corrected chi connectivity index (χ4v) is 4.37. The summed E-state index contributed by atoms with van der Waals surface area (Å²) in [6.07, 6.45) is 3.19. The fourth-order valence-electron chi connectivity index (χ4n) is 4.37. The molecule has 0 aliphatic carbocycles. The van der Waals surface area contributed by atoms with Crippen LogP contribution in [0.3, 0.4) is 0 Å². The summed E-state index contributed by atoms with van der Waals surface area (Å²) in [6, 6.07) is 7.75. The standard InChI is InChI=1S/C23H31N3O4/c1-23(2,3)30-22(28)26-13-7-9-17(15-26)21(27)25-12-6-8-16(14-25)20-24-18-10-4-5-11-19(18)29-20/h4-5,10-11,16-17H,6-9,12-15H2,1-3H3/t16-,17-/m1/s1. The third kappa shape index (κ3) is 4.60. The Morgan fingerprint density at radius 1 is 1.07 bits per heavy atom. The lowest BCUT2D eigenvalue weighted by Crippen LogP contribution is -2.49. The molecule has 30 heavy (non-hydrogen) atoms. The quantitative estimate of drug-likeness (QED) is 0.738. The summed E-state index contributed by atoms with van der Waals surface area (Å²) < 4.78 is 11.5. The van der Waals surface area contributed by atoms with Gasteiger partial charge in [0.2, 0.25) is 5.91 Å². The largest absolute Gasteiger partial charge is 0.444 e. The third-order valence-corrected chi connectivity index (χ3v) is 5.82. The normalized spacial score (nSPS) is 22.9. The highest BCUT2D eigenvalue weighted by molar-refractivity contribution is 5.80. The number of fused-ring (bicyclic) bond motifs is 1. The van der Waals surface area contributed by atoms with Crippen molar-refractivity contribution in [2.24, 2.45) is 5.92 Å². The minimum atomic E-state index is -0.534. The number of likely N-dealkylation sites (tertiary alicyclic amines) is 2. The molecule has 2 amide bonds. The van der Waals surface area contributed by atoms with E-state index >= 15 is 0 Å². The van der Waals surface area contributed by atoms with E-state index in [0.717, 1.165) is 43.3 Å². The monoisotopic (exact) mass is 413 g/mol. The summed E-state index contributed by atoms with van der Waals surface area (Å²) in [7, 11) is 0. The smallest absolute Gasteiger partial charge is 0.410 e. The molecule has 7 nitrogen and oxygen atoms in total. The molecule has 2 fully saturated rings. The van der Waals surface area contributed by atoms with Crippen molar-refractivity contribution >= 4 is 23.1 Å². The molecule has 0 unspecified atom stereocenters. The first-order chi connectivity index (χ1) is 14.3. The SMILES string of the molecule is CC(C)(C)OC(=O)N1CCC[C@@H](C(=O)N2CCC[C@@H](c3nc4ccccc4o3)C2)C1. The zero-order chi connectivity index (χ0) is 21.3. The van der Waals surface area contributed by atoms with E-state index in [1.165, 1.54) is 0 Å². The minimum Gasteiger partial charge on any atom is -0.444 e. The highest BCUT2D eigenvalue weighted by Crippen LogP contribution is 2.30. The first-order valence-corrected chi connectivity index (χ1v) is 10.9. The summed E-state index contributed by atoms with van der Waals surface area (Å²) in [5.41, 5.74) is 1.11. The van der Waals surface area contributed by atoms with Gasteiger partial charge in [-0.1, -0.05) is 12.1 Å². The molecule has 0 radical (unpaired) electrons. The molecule has 2 aliphatic heterocycles. The molecular formula is C23H31N3O4. The number of amides is 2. The molecule has 1 aromatic carbocycles. The van der Waals surface area contributed by atoms with Gasteiger partial charge in [0.1, 0.15) is 11.1 Å². The number of rotatable bonds is 2. The maximum atomic E-state index is 13.3. The Bertz CT molecular complexity index is 884. The van der Waals surface area contributed by atoms with E-state index < -0.39 is 5.60 Å². The maximum Gasteiger partial charge on any atom is 0.410 e. The molecule has 162 valence electrons. The molecule has 0 spiro atoms. The molecule has 2 aromatic rings. The Balaban J connectivity index is 1.40. The van der Waals surface area contributed by atoms with Crippen LogP contribution in [0.2, 0.25) is 0 Å². The van der Waals surface area contributed by atoms with Crippen molar-refractivity contribution in [3.63, 3.8) is 0 Å². The van der Waals surface area contributed by atoms with Gasteiger partial charge in [-0.2, -0.15) is 0 Å². The van der Waals surface area contributed by atoms with Gasteiger partial charge in [0, 0.05) is 26.2 Å². The highest BCUT2D eigenvalue weighted by Gasteiger charge is 2.35. The van der Waals surface area contributed by atoms with Crippen molar-refractivity contribution in [2.45, 2.75) is 58.0 Å². The number of carbonyl (C=O) groups excluding carboxylic acids is 2. The van der Waals surface area contributed by atoms with E-state index in [0.29, 0.717) is 25.5 Å². The second-order valence-corrected chi connectivity index (χ2v) is 9.41. The van der Waals surface area contributed by atoms with Gasteiger partial charge >= 0.3 is 6.09 Å². The minimum absolute atomic E-state index is 0.112. The van der Waals surface area contributed by atoms with Gasteiger partial charge in [-0.3, -0.25) is 4.79 Å². The Kier molecular flexibility index (Phi) is 5.71. The average Bonchev–Trinajstić information content (AvgIpc) is 3.16. The van der Waals surface area contributed by atoms with Crippen LogP contribution in [0.15, 0.2) is 28.7 Å². The lowest BCUT2D eigenvalue weighted by atomic mass is 9.93. The van der Waals surface area contributed by atoms with Crippen LogP contribution in [-0.4, -0.2) is 58.6 Å². The van der Waals surface area contributed by atoms with Gasteiger partial charge in [-0.25, -0.2) is 9.78 Å². The predicted molar refractivity (Wildman–Crippen MR) is 113 cm³/mol. The number of piperidine rings is 2. The number of para-hydroxylation sites is 2. The van der Waals surface area contributed by atoms with Gasteiger partial charge in [-0.15, -0.1) is 0 Å². The van der Waals surface area contributed by atoms with Crippen LogP contribution in [0, 0.1) is 5.92 Å². The van der Waals surface area contributed by atoms with Crippen LogP contribution in [0.4, 0.5) is 4.79 Å². The number of benzene rings is 1. The molecular weight excluding hydrogens is 382 g/mol. The molecule has 2 aliphatic rings. The zero-order valence-corrected chi connectivity index (χ0v) is 18.1. The molecule has 7 heteroatoms. The number of carbonyl (C=O) groups is 2. The van der Waals surface area contributed by atoms with Crippen LogP contribution in [0.1, 0.15) is 58.3 Å². The van der Waals surface area contributed by atoms with Gasteiger partial charge in [0.05, 0.1) is 11.8 Å². The van der Waals surface area contributed by atoms with Crippen LogP contribution in [0.5, 0.6) is 0 Å². The summed E-state index contributed by atoms with van der Waals surface area (Å²) in [5, 5.41) is 0. The van der Waals surface area contributed by atoms with E-state index in [1.54, 1.807) is 4.90 Å². The number of aromatic nitrogens is 1. The topological polar surface area (TPSA) is 75.9 Å². The number of ether oxygens (including phenoxy) is 1. The first kappa shape index (κ1) is 20.7. The number of nitrogens with zero attached hydrogens (tertiary/aromatic N) is 3. The fraction of sp³-hybridized carbons (Fsp3) is 0.609. The van der Waals surface area contributed by atoms with Gasteiger partial charge in [0.15, 0.2) is 11.5 Å². The molecule has 0 saturated carbocycles. The third-order valence-electron chi connectivity index (χ3n) is 5.82. The summed E-state index contributed by atoms with van der Waals surface area (Å²) in [4.78, 5) is 33.9. The van der Waals surface area contributed by atoms with E-state index in [1.807, 2.05) is 49.9 Å². The summed E-state index contributed by atoms with van der Waals surface area (Å²) in [6.45, 7) is 8.02. The molecule has 2 saturated heterocycles. The number of oxazole rings is 1. The number of hydrogen-bond donors (Lipinski definition) is 0. The van der Waals surface area contributed by atoms with Gasteiger partial charge < -0.3 is 19.0 Å². The van der Waals surface area contributed by atoms with E-state index in [4.69, 9.17) is 9.15 Å².